The van der Waals surface area contributed by atoms with Crippen LogP contribution in [0.2, 0.25) is 5.02 Å². The summed E-state index contributed by atoms with van der Waals surface area (Å²) in [5.74, 6) is -1.04. The second kappa shape index (κ2) is 9.70. The minimum absolute atomic E-state index is 0.509. The van der Waals surface area contributed by atoms with Crippen LogP contribution < -0.4 is 15.5 Å². The Bertz CT molecular complexity index is 1190. The molecule has 0 atom stereocenters. The van der Waals surface area contributed by atoms with Crippen molar-refractivity contribution >= 4 is 35.3 Å². The van der Waals surface area contributed by atoms with E-state index < -0.39 is 11.8 Å². The first kappa shape index (κ1) is 23.1. The van der Waals surface area contributed by atoms with Gasteiger partial charge < -0.3 is 14.6 Å². The largest absolute Gasteiger partial charge is 0.495 e. The number of halogens is 1. The fraction of sp³-hybridized carbons (Fsp3) is 0.208. The Hall–Kier alpha value is -3.58. The van der Waals surface area contributed by atoms with Crippen molar-refractivity contribution < 1.29 is 14.3 Å². The normalized spacial score (nSPS) is 10.9. The number of amides is 2. The molecule has 0 saturated carbocycles. The molecule has 0 spiro atoms. The number of benzene rings is 2. The molecule has 0 aliphatic rings. The molecule has 7 nitrogen and oxygen atoms in total. The number of aromatic nitrogens is 1. The van der Waals surface area contributed by atoms with Crippen LogP contribution in [0.5, 0.6) is 5.75 Å². The molecule has 1 aromatic heterocycles. The summed E-state index contributed by atoms with van der Waals surface area (Å²) >= 11 is 6.26. The van der Waals surface area contributed by atoms with Crippen molar-refractivity contribution in [3.8, 4) is 11.4 Å². The molecule has 2 amide bonds. The Morgan fingerprint density at radius 1 is 1.00 bits per heavy atom. The second-order valence-electron chi connectivity index (χ2n) is 7.51. The highest BCUT2D eigenvalue weighted by molar-refractivity contribution is 6.39. The van der Waals surface area contributed by atoms with Gasteiger partial charge >= 0.3 is 11.8 Å². The number of rotatable bonds is 5. The number of hydrogen-bond donors (Lipinski definition) is 2. The minimum atomic E-state index is -0.851. The number of hydrogen-bond acceptors (Lipinski definition) is 4. The maximum absolute atomic E-state index is 12.1. The fourth-order valence-electron chi connectivity index (χ4n) is 3.56. The Morgan fingerprint density at radius 2 is 1.69 bits per heavy atom. The third-order valence-corrected chi connectivity index (χ3v) is 5.21. The van der Waals surface area contributed by atoms with Crippen LogP contribution in [0.25, 0.3) is 5.69 Å². The van der Waals surface area contributed by atoms with Gasteiger partial charge in [-0.2, -0.15) is 5.10 Å². The number of nitrogens with zero attached hydrogens (tertiary/aromatic N) is 2. The van der Waals surface area contributed by atoms with Crippen molar-refractivity contribution in [2.45, 2.75) is 27.7 Å². The number of nitrogens with one attached hydrogen (secondary N) is 2. The summed E-state index contributed by atoms with van der Waals surface area (Å²) in [5.41, 5.74) is 8.36. The number of aryl methyl sites for hydroxylation is 3. The van der Waals surface area contributed by atoms with Crippen molar-refractivity contribution in [3.05, 3.63) is 75.6 Å². The molecule has 0 unspecified atom stereocenters. The molecule has 3 rings (SSSR count). The van der Waals surface area contributed by atoms with E-state index in [1.54, 1.807) is 25.3 Å². The summed E-state index contributed by atoms with van der Waals surface area (Å²) < 4.78 is 7.23. The number of ether oxygens (including phenoxy) is 1. The monoisotopic (exact) mass is 452 g/mol. The quantitative estimate of drug-likeness (QED) is 0.340. The first-order valence-corrected chi connectivity index (χ1v) is 10.3. The SMILES string of the molecule is COc1ccc(-n2c(C)cc(/C=N\NC(=O)C(=O)Nc3cc(C)cc(C)c3)c2C)cc1Cl. The van der Waals surface area contributed by atoms with Gasteiger partial charge in [0.05, 0.1) is 18.3 Å². The van der Waals surface area contributed by atoms with Gasteiger partial charge in [0.2, 0.25) is 0 Å². The number of hydrazone groups is 1. The molecule has 0 aliphatic heterocycles. The van der Waals surface area contributed by atoms with Crippen LogP contribution in [0.4, 0.5) is 5.69 Å². The van der Waals surface area contributed by atoms with Gasteiger partial charge in [0.1, 0.15) is 5.75 Å². The molecule has 2 N–H and O–H groups in total. The lowest BCUT2D eigenvalue weighted by Crippen LogP contribution is -2.32. The van der Waals surface area contributed by atoms with E-state index in [1.807, 2.05) is 56.5 Å². The van der Waals surface area contributed by atoms with E-state index in [2.05, 4.69) is 15.8 Å². The van der Waals surface area contributed by atoms with Crippen LogP contribution >= 0.6 is 11.6 Å². The zero-order valence-corrected chi connectivity index (χ0v) is 19.4. The van der Waals surface area contributed by atoms with E-state index >= 15 is 0 Å². The second-order valence-corrected chi connectivity index (χ2v) is 7.92. The standard InChI is InChI=1S/C24H25ClN4O3/c1-14-8-15(2)10-19(9-14)27-23(30)24(31)28-26-13-18-11-16(3)29(17(18)4)20-6-7-22(32-5)21(25)12-20/h6-13H,1-5H3,(H,27,30)(H,28,31)/b26-13-. The highest BCUT2D eigenvalue weighted by Gasteiger charge is 2.14. The van der Waals surface area contributed by atoms with Gasteiger partial charge in [-0.05, 0) is 75.2 Å². The molecule has 0 radical (unpaired) electrons. The van der Waals surface area contributed by atoms with Crippen molar-refractivity contribution in [1.29, 1.82) is 0 Å². The maximum atomic E-state index is 12.1. The fourth-order valence-corrected chi connectivity index (χ4v) is 3.81. The molecular weight excluding hydrogens is 428 g/mol. The summed E-state index contributed by atoms with van der Waals surface area (Å²) in [6, 6.07) is 13.0. The van der Waals surface area contributed by atoms with E-state index in [-0.39, 0.29) is 0 Å². The zero-order chi connectivity index (χ0) is 23.4. The highest BCUT2D eigenvalue weighted by Crippen LogP contribution is 2.29. The molecule has 8 heteroatoms. The molecule has 3 aromatic rings. The van der Waals surface area contributed by atoms with Crippen LogP contribution in [0.3, 0.4) is 0 Å². The van der Waals surface area contributed by atoms with E-state index in [9.17, 15) is 9.59 Å². The first-order chi connectivity index (χ1) is 15.2. The average Bonchev–Trinajstić information content (AvgIpc) is 3.00. The predicted octanol–water partition coefficient (Wildman–Crippen LogP) is 4.46. The molecule has 0 bridgehead atoms. The van der Waals surface area contributed by atoms with Crippen LogP contribution in [0.15, 0.2) is 47.6 Å². The van der Waals surface area contributed by atoms with Gasteiger partial charge in [-0.1, -0.05) is 17.7 Å². The molecule has 32 heavy (non-hydrogen) atoms. The summed E-state index contributed by atoms with van der Waals surface area (Å²) in [5, 5.41) is 7.04. The minimum Gasteiger partial charge on any atom is -0.495 e. The Kier molecular flexibility index (Phi) is 7.00. The smallest absolute Gasteiger partial charge is 0.329 e. The van der Waals surface area contributed by atoms with Gasteiger partial charge in [0, 0.05) is 28.3 Å². The maximum Gasteiger partial charge on any atom is 0.329 e. The molecule has 2 aromatic carbocycles. The number of methoxy groups -OCH3 is 1. The number of anilines is 1. The lowest BCUT2D eigenvalue weighted by molar-refractivity contribution is -0.136. The average molecular weight is 453 g/mol. The first-order valence-electron chi connectivity index (χ1n) is 9.95. The van der Waals surface area contributed by atoms with Crippen LogP contribution in [0, 0.1) is 27.7 Å². The molecule has 0 aliphatic carbocycles. The summed E-state index contributed by atoms with van der Waals surface area (Å²) in [6.07, 6.45) is 1.51. The van der Waals surface area contributed by atoms with Gasteiger partial charge in [-0.15, -0.1) is 0 Å². The molecular formula is C24H25ClN4O3. The Labute approximate surface area is 192 Å². The third-order valence-electron chi connectivity index (χ3n) is 4.92. The van der Waals surface area contributed by atoms with E-state index in [1.165, 1.54) is 6.21 Å². The van der Waals surface area contributed by atoms with Crippen LogP contribution in [-0.4, -0.2) is 29.7 Å². The predicted molar refractivity (Wildman–Crippen MR) is 127 cm³/mol. The number of carbonyl (C=O) groups is 2. The van der Waals surface area contributed by atoms with Crippen molar-refractivity contribution in [1.82, 2.24) is 9.99 Å². The Balaban J connectivity index is 1.70. The van der Waals surface area contributed by atoms with E-state index in [0.717, 1.165) is 33.8 Å². The highest BCUT2D eigenvalue weighted by atomic mass is 35.5. The van der Waals surface area contributed by atoms with Gasteiger partial charge in [-0.25, -0.2) is 5.43 Å². The van der Waals surface area contributed by atoms with Crippen molar-refractivity contribution in [2.75, 3.05) is 12.4 Å². The van der Waals surface area contributed by atoms with Crippen molar-refractivity contribution in [2.24, 2.45) is 5.10 Å². The molecule has 0 fully saturated rings. The third kappa shape index (κ3) is 5.18. The van der Waals surface area contributed by atoms with Crippen molar-refractivity contribution in [3.63, 3.8) is 0 Å². The molecule has 1 heterocycles. The molecule has 166 valence electrons. The topological polar surface area (TPSA) is 84.7 Å². The van der Waals surface area contributed by atoms with Gasteiger partial charge in [0.25, 0.3) is 0 Å². The summed E-state index contributed by atoms with van der Waals surface area (Å²) in [6.45, 7) is 7.73. The van der Waals surface area contributed by atoms with E-state index in [4.69, 9.17) is 16.3 Å². The Morgan fingerprint density at radius 3 is 2.31 bits per heavy atom. The lowest BCUT2D eigenvalue weighted by Gasteiger charge is -2.11. The summed E-state index contributed by atoms with van der Waals surface area (Å²) in [4.78, 5) is 24.3. The number of carbonyl (C=O) groups excluding carboxylic acids is 2. The van der Waals surface area contributed by atoms with E-state index in [0.29, 0.717) is 16.5 Å². The van der Waals surface area contributed by atoms with Crippen LogP contribution in [-0.2, 0) is 9.59 Å². The molecule has 0 saturated heterocycles. The van der Waals surface area contributed by atoms with Crippen LogP contribution in [0.1, 0.15) is 28.1 Å². The zero-order valence-electron chi connectivity index (χ0n) is 18.6. The van der Waals surface area contributed by atoms with Gasteiger partial charge in [-0.3, -0.25) is 9.59 Å². The lowest BCUT2D eigenvalue weighted by atomic mass is 10.1. The van der Waals surface area contributed by atoms with Gasteiger partial charge in [0.15, 0.2) is 0 Å². The summed E-state index contributed by atoms with van der Waals surface area (Å²) in [7, 11) is 1.57.